The maximum absolute atomic E-state index is 12.1. The predicted molar refractivity (Wildman–Crippen MR) is 82.6 cm³/mol. The van der Waals surface area contributed by atoms with Crippen molar-refractivity contribution in [3.63, 3.8) is 0 Å². The number of ether oxygens (including phenoxy) is 2. The van der Waals surface area contributed by atoms with Crippen molar-refractivity contribution in [3.8, 4) is 5.75 Å². The topological polar surface area (TPSA) is 102 Å². The zero-order valence-electron chi connectivity index (χ0n) is 13.9. The summed E-state index contributed by atoms with van der Waals surface area (Å²) in [6, 6.07) is 3.56. The SMILES string of the molecule is CN(C)C(=O)COC(=O)CCNS(=O)(=O)c1ccc(OC(F)(F)F)cc1. The summed E-state index contributed by atoms with van der Waals surface area (Å²) in [6.45, 7) is -0.766. The number of hydrogen-bond acceptors (Lipinski definition) is 6. The zero-order chi connectivity index (χ0) is 20.0. The predicted octanol–water partition coefficient (Wildman–Crippen LogP) is 0.885. The van der Waals surface area contributed by atoms with E-state index in [-0.39, 0.29) is 17.9 Å². The Morgan fingerprint density at radius 2 is 1.73 bits per heavy atom. The van der Waals surface area contributed by atoms with E-state index in [1.807, 2.05) is 0 Å². The normalized spacial score (nSPS) is 11.7. The van der Waals surface area contributed by atoms with Crippen LogP contribution in [0.1, 0.15) is 6.42 Å². The molecule has 1 rings (SSSR count). The van der Waals surface area contributed by atoms with Crippen LogP contribution in [0.2, 0.25) is 0 Å². The van der Waals surface area contributed by atoms with Crippen molar-refractivity contribution in [2.24, 2.45) is 0 Å². The van der Waals surface area contributed by atoms with E-state index in [1.165, 1.54) is 19.0 Å². The number of likely N-dealkylation sites (N-methyl/N-ethyl adjacent to an activating group) is 1. The fraction of sp³-hybridized carbons (Fsp3) is 0.429. The number of hydrogen-bond donors (Lipinski definition) is 1. The van der Waals surface area contributed by atoms with E-state index in [0.717, 1.165) is 24.3 Å². The summed E-state index contributed by atoms with van der Waals surface area (Å²) in [5, 5.41) is 0. The van der Waals surface area contributed by atoms with E-state index in [4.69, 9.17) is 0 Å². The van der Waals surface area contributed by atoms with Gasteiger partial charge in [0.05, 0.1) is 11.3 Å². The highest BCUT2D eigenvalue weighted by Crippen LogP contribution is 2.23. The van der Waals surface area contributed by atoms with Crippen LogP contribution >= 0.6 is 0 Å². The molecule has 0 radical (unpaired) electrons. The number of benzene rings is 1. The van der Waals surface area contributed by atoms with Crippen LogP contribution in [-0.4, -0.2) is 58.8 Å². The van der Waals surface area contributed by atoms with Crippen molar-refractivity contribution in [1.29, 1.82) is 0 Å². The first-order valence-corrected chi connectivity index (χ1v) is 8.60. The summed E-state index contributed by atoms with van der Waals surface area (Å²) < 4.78 is 70.5. The maximum Gasteiger partial charge on any atom is 0.573 e. The minimum Gasteiger partial charge on any atom is -0.456 e. The molecule has 8 nitrogen and oxygen atoms in total. The van der Waals surface area contributed by atoms with Crippen LogP contribution in [0.3, 0.4) is 0 Å². The van der Waals surface area contributed by atoms with Gasteiger partial charge in [-0.15, -0.1) is 13.2 Å². The van der Waals surface area contributed by atoms with Gasteiger partial charge in [0.1, 0.15) is 5.75 Å². The molecule has 0 aliphatic heterocycles. The summed E-state index contributed by atoms with van der Waals surface area (Å²) in [7, 11) is -1.07. The number of esters is 1. The monoisotopic (exact) mass is 398 g/mol. The van der Waals surface area contributed by atoms with Gasteiger partial charge in [0.25, 0.3) is 5.91 Å². The lowest BCUT2D eigenvalue weighted by atomic mass is 10.3. The summed E-state index contributed by atoms with van der Waals surface area (Å²) in [5.41, 5.74) is 0. The van der Waals surface area contributed by atoms with Gasteiger partial charge in [-0.2, -0.15) is 0 Å². The van der Waals surface area contributed by atoms with Crippen LogP contribution in [0.4, 0.5) is 13.2 Å². The van der Waals surface area contributed by atoms with Crippen molar-refractivity contribution < 1.29 is 40.7 Å². The highest BCUT2D eigenvalue weighted by Gasteiger charge is 2.31. The third-order valence-electron chi connectivity index (χ3n) is 2.84. The molecular weight excluding hydrogens is 381 g/mol. The summed E-state index contributed by atoms with van der Waals surface area (Å²) in [4.78, 5) is 23.6. The number of sulfonamides is 1. The molecule has 0 saturated carbocycles. The van der Waals surface area contributed by atoms with Crippen LogP contribution < -0.4 is 9.46 Å². The minimum atomic E-state index is -4.88. The lowest BCUT2D eigenvalue weighted by Gasteiger charge is -2.11. The molecule has 0 fully saturated rings. The van der Waals surface area contributed by atoms with Crippen molar-refractivity contribution in [3.05, 3.63) is 24.3 Å². The molecule has 0 bridgehead atoms. The number of amides is 1. The van der Waals surface area contributed by atoms with E-state index in [9.17, 15) is 31.2 Å². The summed E-state index contributed by atoms with van der Waals surface area (Å²) in [6.07, 6.45) is -5.21. The van der Waals surface area contributed by atoms with Gasteiger partial charge in [0.15, 0.2) is 6.61 Å². The molecule has 0 atom stereocenters. The lowest BCUT2D eigenvalue weighted by Crippen LogP contribution is -2.29. The molecule has 0 saturated heterocycles. The van der Waals surface area contributed by atoms with Gasteiger partial charge >= 0.3 is 12.3 Å². The van der Waals surface area contributed by atoms with E-state index in [0.29, 0.717) is 0 Å². The molecule has 1 aromatic carbocycles. The molecule has 1 amide bonds. The van der Waals surface area contributed by atoms with Crippen molar-refractivity contribution in [2.75, 3.05) is 27.2 Å². The number of carbonyl (C=O) groups is 2. The van der Waals surface area contributed by atoms with E-state index >= 15 is 0 Å². The van der Waals surface area contributed by atoms with Gasteiger partial charge in [-0.25, -0.2) is 13.1 Å². The molecular formula is C14H17F3N2O6S. The largest absolute Gasteiger partial charge is 0.573 e. The Kier molecular flexibility index (Phi) is 7.39. The van der Waals surface area contributed by atoms with E-state index < -0.39 is 40.6 Å². The van der Waals surface area contributed by atoms with Crippen LogP contribution in [0, 0.1) is 0 Å². The second-order valence-electron chi connectivity index (χ2n) is 5.12. The molecule has 0 aliphatic carbocycles. The Balaban J connectivity index is 2.51. The second kappa shape index (κ2) is 8.85. The van der Waals surface area contributed by atoms with Crippen LogP contribution in [-0.2, 0) is 24.3 Å². The number of nitrogens with zero attached hydrogens (tertiary/aromatic N) is 1. The maximum atomic E-state index is 12.1. The Morgan fingerprint density at radius 1 is 1.15 bits per heavy atom. The van der Waals surface area contributed by atoms with Gasteiger partial charge in [-0.1, -0.05) is 0 Å². The molecule has 0 aliphatic rings. The van der Waals surface area contributed by atoms with Gasteiger partial charge in [0, 0.05) is 20.6 Å². The third kappa shape index (κ3) is 7.70. The molecule has 146 valence electrons. The van der Waals surface area contributed by atoms with Gasteiger partial charge < -0.3 is 14.4 Å². The van der Waals surface area contributed by atoms with Crippen molar-refractivity contribution >= 4 is 21.9 Å². The summed E-state index contributed by atoms with van der Waals surface area (Å²) in [5.74, 6) is -1.78. The van der Waals surface area contributed by atoms with Crippen LogP contribution in [0.15, 0.2) is 29.2 Å². The number of halogens is 3. The fourth-order valence-corrected chi connectivity index (χ4v) is 2.57. The van der Waals surface area contributed by atoms with Crippen LogP contribution in [0.5, 0.6) is 5.75 Å². The molecule has 1 aromatic rings. The standard InChI is InChI=1S/C14H17F3N2O6S/c1-19(2)12(20)9-24-13(21)7-8-18-26(22,23)11-5-3-10(4-6-11)25-14(15,16)17/h3-6,18H,7-9H2,1-2H3. The average Bonchev–Trinajstić information content (AvgIpc) is 2.51. The Labute approximate surface area is 147 Å². The zero-order valence-corrected chi connectivity index (χ0v) is 14.7. The van der Waals surface area contributed by atoms with Gasteiger partial charge in [0.2, 0.25) is 10.0 Å². The van der Waals surface area contributed by atoms with E-state index in [1.54, 1.807) is 0 Å². The molecule has 12 heteroatoms. The highest BCUT2D eigenvalue weighted by molar-refractivity contribution is 7.89. The van der Waals surface area contributed by atoms with Crippen LogP contribution in [0.25, 0.3) is 0 Å². The molecule has 0 aromatic heterocycles. The molecule has 26 heavy (non-hydrogen) atoms. The van der Waals surface area contributed by atoms with Crippen molar-refractivity contribution in [1.82, 2.24) is 9.62 Å². The number of alkyl halides is 3. The Morgan fingerprint density at radius 3 is 2.23 bits per heavy atom. The number of rotatable bonds is 8. The smallest absolute Gasteiger partial charge is 0.456 e. The third-order valence-corrected chi connectivity index (χ3v) is 4.32. The quantitative estimate of drug-likeness (QED) is 0.653. The first-order chi connectivity index (χ1) is 11.9. The molecule has 1 N–H and O–H groups in total. The average molecular weight is 398 g/mol. The molecule has 0 heterocycles. The number of nitrogens with one attached hydrogen (secondary N) is 1. The highest BCUT2D eigenvalue weighted by atomic mass is 32.2. The van der Waals surface area contributed by atoms with Gasteiger partial charge in [-0.05, 0) is 24.3 Å². The fourth-order valence-electron chi connectivity index (χ4n) is 1.53. The van der Waals surface area contributed by atoms with Crippen molar-refractivity contribution in [2.45, 2.75) is 17.7 Å². The van der Waals surface area contributed by atoms with E-state index in [2.05, 4.69) is 14.2 Å². The second-order valence-corrected chi connectivity index (χ2v) is 6.88. The molecule has 0 spiro atoms. The first kappa shape index (κ1) is 21.7. The lowest BCUT2D eigenvalue weighted by molar-refractivity contribution is -0.274. The number of carbonyl (C=O) groups excluding carboxylic acids is 2. The minimum absolute atomic E-state index is 0.303. The molecule has 0 unspecified atom stereocenters. The Bertz CT molecular complexity index is 732. The van der Waals surface area contributed by atoms with Gasteiger partial charge in [-0.3, -0.25) is 9.59 Å². The summed E-state index contributed by atoms with van der Waals surface area (Å²) >= 11 is 0. The first-order valence-electron chi connectivity index (χ1n) is 7.12. The Hall–Kier alpha value is -2.34.